The van der Waals surface area contributed by atoms with Crippen molar-refractivity contribution in [2.75, 3.05) is 19.6 Å². The second kappa shape index (κ2) is 4.73. The van der Waals surface area contributed by atoms with Crippen molar-refractivity contribution in [1.82, 2.24) is 4.90 Å². The SMILES string of the molecule is CCN1CCN=C1C(C)(N)c1cccc(C)c1C. The molecule has 1 atom stereocenters. The number of likely N-dealkylation sites (N-methyl/N-ethyl adjacent to an activating group) is 1. The van der Waals surface area contributed by atoms with Gasteiger partial charge in [0.05, 0.1) is 12.1 Å². The molecule has 18 heavy (non-hydrogen) atoms. The van der Waals surface area contributed by atoms with Gasteiger partial charge in [0.15, 0.2) is 0 Å². The Morgan fingerprint density at radius 1 is 1.39 bits per heavy atom. The minimum Gasteiger partial charge on any atom is -0.357 e. The fourth-order valence-electron chi connectivity index (χ4n) is 2.72. The van der Waals surface area contributed by atoms with Crippen LogP contribution in [0.3, 0.4) is 0 Å². The van der Waals surface area contributed by atoms with Crippen molar-refractivity contribution in [3.63, 3.8) is 0 Å². The summed E-state index contributed by atoms with van der Waals surface area (Å²) in [5.41, 5.74) is 9.85. The van der Waals surface area contributed by atoms with Gasteiger partial charge in [-0.15, -0.1) is 0 Å². The van der Waals surface area contributed by atoms with E-state index in [4.69, 9.17) is 5.73 Å². The van der Waals surface area contributed by atoms with Crippen molar-refractivity contribution in [1.29, 1.82) is 0 Å². The van der Waals surface area contributed by atoms with Crippen LogP contribution >= 0.6 is 0 Å². The summed E-state index contributed by atoms with van der Waals surface area (Å²) in [5.74, 6) is 1.03. The third-order valence-corrected chi connectivity index (χ3v) is 3.94. The Morgan fingerprint density at radius 2 is 2.11 bits per heavy atom. The van der Waals surface area contributed by atoms with Crippen molar-refractivity contribution in [3.8, 4) is 0 Å². The predicted octanol–water partition coefficient (Wildman–Crippen LogP) is 2.21. The molecule has 1 unspecified atom stereocenters. The lowest BCUT2D eigenvalue weighted by atomic mass is 9.86. The highest BCUT2D eigenvalue weighted by Gasteiger charge is 2.34. The summed E-state index contributed by atoms with van der Waals surface area (Å²) >= 11 is 0. The van der Waals surface area contributed by atoms with E-state index in [9.17, 15) is 0 Å². The van der Waals surface area contributed by atoms with Gasteiger partial charge in [0.25, 0.3) is 0 Å². The molecule has 1 heterocycles. The molecule has 2 rings (SSSR count). The molecule has 0 aliphatic carbocycles. The highest BCUT2D eigenvalue weighted by molar-refractivity contribution is 5.93. The van der Waals surface area contributed by atoms with E-state index in [1.807, 2.05) is 0 Å². The molecule has 1 aliphatic heterocycles. The maximum atomic E-state index is 6.61. The number of hydrogen-bond donors (Lipinski definition) is 1. The van der Waals surface area contributed by atoms with E-state index in [1.165, 1.54) is 16.7 Å². The van der Waals surface area contributed by atoms with Crippen LogP contribution in [0.25, 0.3) is 0 Å². The molecule has 0 bridgehead atoms. The molecule has 0 radical (unpaired) electrons. The Morgan fingerprint density at radius 3 is 2.78 bits per heavy atom. The lowest BCUT2D eigenvalue weighted by Gasteiger charge is -2.33. The highest BCUT2D eigenvalue weighted by atomic mass is 15.3. The Kier molecular flexibility index (Phi) is 3.44. The van der Waals surface area contributed by atoms with Crippen molar-refractivity contribution in [2.45, 2.75) is 33.2 Å². The summed E-state index contributed by atoms with van der Waals surface area (Å²) in [5, 5.41) is 0. The number of benzene rings is 1. The predicted molar refractivity (Wildman–Crippen MR) is 77.0 cm³/mol. The zero-order chi connectivity index (χ0) is 13.3. The summed E-state index contributed by atoms with van der Waals surface area (Å²) in [6.45, 7) is 11.3. The summed E-state index contributed by atoms with van der Waals surface area (Å²) in [6, 6.07) is 6.33. The van der Waals surface area contributed by atoms with Gasteiger partial charge in [-0.05, 0) is 44.4 Å². The first-order valence-electron chi connectivity index (χ1n) is 6.64. The molecule has 0 aromatic heterocycles. The van der Waals surface area contributed by atoms with Gasteiger partial charge >= 0.3 is 0 Å². The van der Waals surface area contributed by atoms with E-state index in [0.29, 0.717) is 0 Å². The molecule has 3 heteroatoms. The quantitative estimate of drug-likeness (QED) is 0.887. The van der Waals surface area contributed by atoms with E-state index in [0.717, 1.165) is 25.5 Å². The maximum Gasteiger partial charge on any atom is 0.124 e. The van der Waals surface area contributed by atoms with Crippen LogP contribution in [0.15, 0.2) is 23.2 Å². The number of nitrogens with zero attached hydrogens (tertiary/aromatic N) is 2. The minimum absolute atomic E-state index is 0.497. The molecular formula is C15H23N3. The van der Waals surface area contributed by atoms with Gasteiger partial charge in [0.2, 0.25) is 0 Å². The minimum atomic E-state index is -0.497. The van der Waals surface area contributed by atoms with Gasteiger partial charge in [-0.3, -0.25) is 4.99 Å². The van der Waals surface area contributed by atoms with Gasteiger partial charge in [-0.2, -0.15) is 0 Å². The molecule has 1 aromatic rings. The van der Waals surface area contributed by atoms with Crippen molar-refractivity contribution < 1.29 is 0 Å². The molecule has 2 N–H and O–H groups in total. The van der Waals surface area contributed by atoms with E-state index in [-0.39, 0.29) is 0 Å². The smallest absolute Gasteiger partial charge is 0.124 e. The number of nitrogens with two attached hydrogens (primary N) is 1. The van der Waals surface area contributed by atoms with Crippen LogP contribution in [0.2, 0.25) is 0 Å². The van der Waals surface area contributed by atoms with Crippen molar-refractivity contribution in [3.05, 3.63) is 34.9 Å². The number of hydrogen-bond acceptors (Lipinski definition) is 3. The Balaban J connectivity index is 2.45. The normalized spacial score (nSPS) is 18.7. The molecule has 0 saturated carbocycles. The third kappa shape index (κ3) is 2.03. The molecule has 3 nitrogen and oxygen atoms in total. The highest BCUT2D eigenvalue weighted by Crippen LogP contribution is 2.28. The average Bonchev–Trinajstić information content (AvgIpc) is 2.81. The fraction of sp³-hybridized carbons (Fsp3) is 0.533. The third-order valence-electron chi connectivity index (χ3n) is 3.94. The van der Waals surface area contributed by atoms with Gasteiger partial charge in [0, 0.05) is 13.1 Å². The lowest BCUT2D eigenvalue weighted by molar-refractivity contribution is 0.442. The summed E-state index contributed by atoms with van der Waals surface area (Å²) in [6.07, 6.45) is 0. The summed E-state index contributed by atoms with van der Waals surface area (Å²) in [7, 11) is 0. The first-order valence-corrected chi connectivity index (χ1v) is 6.64. The number of aryl methyl sites for hydroxylation is 1. The van der Waals surface area contributed by atoms with Crippen LogP contribution in [0.5, 0.6) is 0 Å². The van der Waals surface area contributed by atoms with Crippen LogP contribution in [0.4, 0.5) is 0 Å². The monoisotopic (exact) mass is 245 g/mol. The van der Waals surface area contributed by atoms with E-state index in [2.05, 4.69) is 55.8 Å². The summed E-state index contributed by atoms with van der Waals surface area (Å²) < 4.78 is 0. The first kappa shape index (κ1) is 13.1. The van der Waals surface area contributed by atoms with Crippen molar-refractivity contribution >= 4 is 5.84 Å². The second-order valence-electron chi connectivity index (χ2n) is 5.23. The molecule has 0 fully saturated rings. The summed E-state index contributed by atoms with van der Waals surface area (Å²) in [4.78, 5) is 6.90. The van der Waals surface area contributed by atoms with Crippen LogP contribution in [0, 0.1) is 13.8 Å². The first-order chi connectivity index (χ1) is 8.48. The van der Waals surface area contributed by atoms with Crippen molar-refractivity contribution in [2.24, 2.45) is 10.7 Å². The largest absolute Gasteiger partial charge is 0.357 e. The second-order valence-corrected chi connectivity index (χ2v) is 5.23. The standard InChI is InChI=1S/C15H23N3/c1-5-18-10-9-17-14(18)15(4,16)13-8-6-7-11(2)12(13)3/h6-8H,5,9-10,16H2,1-4H3. The topological polar surface area (TPSA) is 41.6 Å². The zero-order valence-corrected chi connectivity index (χ0v) is 11.8. The average molecular weight is 245 g/mol. The number of aliphatic imine (C=N–C) groups is 1. The van der Waals surface area contributed by atoms with E-state index < -0.39 is 5.54 Å². The van der Waals surface area contributed by atoms with Gasteiger partial charge < -0.3 is 10.6 Å². The van der Waals surface area contributed by atoms with E-state index in [1.54, 1.807) is 0 Å². The van der Waals surface area contributed by atoms with Crippen LogP contribution in [-0.4, -0.2) is 30.4 Å². The number of rotatable bonds is 3. The van der Waals surface area contributed by atoms with Crippen LogP contribution < -0.4 is 5.73 Å². The number of amidine groups is 1. The Bertz CT molecular complexity index is 475. The molecule has 1 aliphatic rings. The molecule has 0 amide bonds. The lowest BCUT2D eigenvalue weighted by Crippen LogP contribution is -2.49. The molecule has 0 saturated heterocycles. The zero-order valence-electron chi connectivity index (χ0n) is 11.8. The molecule has 0 spiro atoms. The molecule has 98 valence electrons. The fourth-order valence-corrected chi connectivity index (χ4v) is 2.72. The Labute approximate surface area is 110 Å². The van der Waals surface area contributed by atoms with Gasteiger partial charge in [0.1, 0.15) is 5.84 Å². The van der Waals surface area contributed by atoms with Gasteiger partial charge in [-0.25, -0.2) is 0 Å². The van der Waals surface area contributed by atoms with Crippen LogP contribution in [0.1, 0.15) is 30.5 Å². The maximum absolute atomic E-state index is 6.61. The van der Waals surface area contributed by atoms with E-state index >= 15 is 0 Å². The van der Waals surface area contributed by atoms with Gasteiger partial charge in [-0.1, -0.05) is 18.2 Å². The molecule has 1 aromatic carbocycles. The molecular weight excluding hydrogens is 222 g/mol. The Hall–Kier alpha value is -1.35. The van der Waals surface area contributed by atoms with Crippen LogP contribution in [-0.2, 0) is 5.54 Å².